The summed E-state index contributed by atoms with van der Waals surface area (Å²) in [5.41, 5.74) is 1.75. The Kier molecular flexibility index (Phi) is 5.23. The maximum Gasteiger partial charge on any atom is 0.339 e. The van der Waals surface area contributed by atoms with Gasteiger partial charge in [-0.2, -0.15) is 0 Å². The summed E-state index contributed by atoms with van der Waals surface area (Å²) in [6, 6.07) is 15.0. The van der Waals surface area contributed by atoms with E-state index in [9.17, 15) is 9.90 Å². The molecule has 0 aliphatic rings. The first-order valence-corrected chi connectivity index (χ1v) is 7.37. The Hall–Kier alpha value is -2.00. The van der Waals surface area contributed by atoms with E-state index in [1.807, 2.05) is 35.2 Å². The lowest BCUT2D eigenvalue weighted by Gasteiger charge is -2.26. The largest absolute Gasteiger partial charge is 0.478 e. The lowest BCUT2D eigenvalue weighted by atomic mass is 10.1. The number of aromatic carboxylic acids is 1. The molecule has 1 N–H and O–H groups in total. The van der Waals surface area contributed by atoms with Gasteiger partial charge in [-0.15, -0.1) is 0 Å². The summed E-state index contributed by atoms with van der Waals surface area (Å²) in [5, 5.41) is 9.72. The van der Waals surface area contributed by atoms with Gasteiger partial charge in [-0.1, -0.05) is 49.2 Å². The minimum atomic E-state index is -1.01. The second-order valence-electron chi connectivity index (χ2n) is 4.78. The van der Waals surface area contributed by atoms with Crippen LogP contribution in [0.15, 0.2) is 48.5 Å². The van der Waals surface area contributed by atoms with Gasteiger partial charge in [-0.05, 0) is 30.7 Å². The molecule has 0 unspecified atom stereocenters. The van der Waals surface area contributed by atoms with E-state index < -0.39 is 5.97 Å². The van der Waals surface area contributed by atoms with Gasteiger partial charge in [0.15, 0.2) is 0 Å². The molecule has 0 saturated heterocycles. The number of nitrogens with zero attached hydrogens (tertiary/aromatic N) is 1. The van der Waals surface area contributed by atoms with Crippen molar-refractivity contribution in [2.75, 3.05) is 11.4 Å². The number of rotatable bonds is 6. The number of carboxylic acids is 1. The summed E-state index contributed by atoms with van der Waals surface area (Å²) in [5.74, 6) is -1.01. The van der Waals surface area contributed by atoms with Crippen molar-refractivity contribution in [2.45, 2.75) is 19.8 Å². The molecule has 4 heteroatoms. The molecule has 21 heavy (non-hydrogen) atoms. The highest BCUT2D eigenvalue weighted by Crippen LogP contribution is 2.32. The first kappa shape index (κ1) is 15.4. The standard InChI is InChI=1S/C17H18ClNO2/c1-2-3-12-19(13-8-5-4-6-9-13)15-11-7-10-14(18)16(15)17(20)21/h4-11H,2-3,12H2,1H3,(H,20,21). The highest BCUT2D eigenvalue weighted by Gasteiger charge is 2.19. The van der Waals surface area contributed by atoms with Crippen LogP contribution >= 0.6 is 11.6 Å². The predicted molar refractivity (Wildman–Crippen MR) is 86.8 cm³/mol. The monoisotopic (exact) mass is 303 g/mol. The Labute approximate surface area is 129 Å². The van der Waals surface area contributed by atoms with Gasteiger partial charge in [0.1, 0.15) is 5.56 Å². The highest BCUT2D eigenvalue weighted by molar-refractivity contribution is 6.34. The van der Waals surface area contributed by atoms with Crippen LogP contribution in [0.4, 0.5) is 11.4 Å². The molecule has 0 fully saturated rings. The molecule has 0 amide bonds. The molecule has 0 aliphatic heterocycles. The molecule has 0 heterocycles. The van der Waals surface area contributed by atoms with Crippen LogP contribution < -0.4 is 4.90 Å². The molecule has 110 valence electrons. The van der Waals surface area contributed by atoms with Crippen LogP contribution in [0, 0.1) is 0 Å². The van der Waals surface area contributed by atoms with E-state index in [-0.39, 0.29) is 10.6 Å². The van der Waals surface area contributed by atoms with Crippen LogP contribution in [0.5, 0.6) is 0 Å². The van der Waals surface area contributed by atoms with Crippen LogP contribution in [-0.4, -0.2) is 17.6 Å². The number of hydrogen-bond donors (Lipinski definition) is 1. The van der Waals surface area contributed by atoms with E-state index in [0.29, 0.717) is 5.69 Å². The molecule has 2 rings (SSSR count). The van der Waals surface area contributed by atoms with Gasteiger partial charge in [0, 0.05) is 12.2 Å². The maximum absolute atomic E-state index is 11.5. The average molecular weight is 304 g/mol. The van der Waals surface area contributed by atoms with Crippen molar-refractivity contribution in [1.29, 1.82) is 0 Å². The normalized spacial score (nSPS) is 10.4. The maximum atomic E-state index is 11.5. The second-order valence-corrected chi connectivity index (χ2v) is 5.19. The van der Waals surface area contributed by atoms with Crippen LogP contribution in [0.1, 0.15) is 30.1 Å². The average Bonchev–Trinajstić information content (AvgIpc) is 2.48. The topological polar surface area (TPSA) is 40.5 Å². The van der Waals surface area contributed by atoms with Crippen LogP contribution in [0.2, 0.25) is 5.02 Å². The Morgan fingerprint density at radius 3 is 2.48 bits per heavy atom. The number of hydrogen-bond acceptors (Lipinski definition) is 2. The molecular formula is C17H18ClNO2. The van der Waals surface area contributed by atoms with Gasteiger partial charge in [0.2, 0.25) is 0 Å². The molecule has 0 spiro atoms. The van der Waals surface area contributed by atoms with E-state index in [2.05, 4.69) is 6.92 Å². The molecule has 0 bridgehead atoms. The summed E-state index contributed by atoms with van der Waals surface area (Å²) >= 11 is 6.08. The van der Waals surface area contributed by atoms with Crippen molar-refractivity contribution in [2.24, 2.45) is 0 Å². The Bertz CT molecular complexity index is 613. The SMILES string of the molecule is CCCCN(c1ccccc1)c1cccc(Cl)c1C(=O)O. The van der Waals surface area contributed by atoms with Gasteiger partial charge in [-0.25, -0.2) is 4.79 Å². The molecule has 0 radical (unpaired) electrons. The quantitative estimate of drug-likeness (QED) is 0.818. The molecule has 3 nitrogen and oxygen atoms in total. The van der Waals surface area contributed by atoms with Crippen molar-refractivity contribution in [3.05, 3.63) is 59.1 Å². The van der Waals surface area contributed by atoms with Gasteiger partial charge in [0.25, 0.3) is 0 Å². The fourth-order valence-corrected chi connectivity index (χ4v) is 2.51. The van der Waals surface area contributed by atoms with Crippen molar-refractivity contribution in [1.82, 2.24) is 0 Å². The minimum Gasteiger partial charge on any atom is -0.478 e. The Morgan fingerprint density at radius 2 is 1.86 bits per heavy atom. The first-order valence-electron chi connectivity index (χ1n) is 6.99. The van der Waals surface area contributed by atoms with E-state index in [0.717, 1.165) is 25.1 Å². The lowest BCUT2D eigenvalue weighted by Crippen LogP contribution is -2.21. The number of anilines is 2. The zero-order valence-electron chi connectivity index (χ0n) is 11.9. The third-order valence-corrected chi connectivity index (χ3v) is 3.61. The van der Waals surface area contributed by atoms with Crippen LogP contribution in [0.25, 0.3) is 0 Å². The molecule has 0 atom stereocenters. The van der Waals surface area contributed by atoms with Gasteiger partial charge in [0.05, 0.1) is 10.7 Å². The number of carboxylic acid groups (broad SMARTS) is 1. The number of carbonyl (C=O) groups is 1. The molecule has 2 aromatic carbocycles. The molecule has 0 aromatic heterocycles. The third-order valence-electron chi connectivity index (χ3n) is 3.30. The summed E-state index contributed by atoms with van der Waals surface area (Å²) in [6.45, 7) is 2.86. The molecule has 0 aliphatic carbocycles. The van der Waals surface area contributed by atoms with Gasteiger partial charge >= 0.3 is 5.97 Å². The van der Waals surface area contributed by atoms with Gasteiger partial charge in [-0.3, -0.25) is 0 Å². The van der Waals surface area contributed by atoms with Crippen molar-refractivity contribution < 1.29 is 9.90 Å². The van der Waals surface area contributed by atoms with Gasteiger partial charge < -0.3 is 10.0 Å². The summed E-state index contributed by atoms with van der Waals surface area (Å²) in [7, 11) is 0. The van der Waals surface area contributed by atoms with E-state index >= 15 is 0 Å². The predicted octanol–water partition coefficient (Wildman–Crippen LogP) is 4.98. The summed E-state index contributed by atoms with van der Waals surface area (Å²) < 4.78 is 0. The lowest BCUT2D eigenvalue weighted by molar-refractivity contribution is 0.0698. The van der Waals surface area contributed by atoms with Crippen molar-refractivity contribution in [3.8, 4) is 0 Å². The third kappa shape index (κ3) is 3.56. The van der Waals surface area contributed by atoms with Crippen molar-refractivity contribution in [3.63, 3.8) is 0 Å². The summed E-state index contributed by atoms with van der Waals surface area (Å²) in [4.78, 5) is 13.6. The molecule has 2 aromatic rings. The van der Waals surface area contributed by atoms with E-state index in [4.69, 9.17) is 11.6 Å². The first-order chi connectivity index (χ1) is 10.1. The molecular weight excluding hydrogens is 286 g/mol. The van der Waals surface area contributed by atoms with Crippen LogP contribution in [0.3, 0.4) is 0 Å². The van der Waals surface area contributed by atoms with Crippen LogP contribution in [-0.2, 0) is 0 Å². The Morgan fingerprint density at radius 1 is 1.14 bits per heavy atom. The van der Waals surface area contributed by atoms with E-state index in [1.165, 1.54) is 0 Å². The number of para-hydroxylation sites is 1. The number of benzene rings is 2. The zero-order chi connectivity index (χ0) is 15.2. The fraction of sp³-hybridized carbons (Fsp3) is 0.235. The zero-order valence-corrected chi connectivity index (χ0v) is 12.7. The molecule has 0 saturated carbocycles. The summed E-state index contributed by atoms with van der Waals surface area (Å²) in [6.07, 6.45) is 2.01. The smallest absolute Gasteiger partial charge is 0.339 e. The number of halogens is 1. The minimum absolute atomic E-state index is 0.152. The number of unbranched alkanes of at least 4 members (excludes halogenated alkanes) is 1. The second kappa shape index (κ2) is 7.14. The Balaban J connectivity index is 2.52. The fourth-order valence-electron chi connectivity index (χ4n) is 2.26. The highest BCUT2D eigenvalue weighted by atomic mass is 35.5. The van der Waals surface area contributed by atoms with Crippen molar-refractivity contribution >= 4 is 28.9 Å². The van der Waals surface area contributed by atoms with E-state index in [1.54, 1.807) is 18.2 Å².